The summed E-state index contributed by atoms with van der Waals surface area (Å²) in [6, 6.07) is 6.79. The van der Waals surface area contributed by atoms with Gasteiger partial charge in [-0.2, -0.15) is 0 Å². The molecule has 0 bridgehead atoms. The first-order valence-corrected chi connectivity index (χ1v) is 5.80. The zero-order valence-corrected chi connectivity index (χ0v) is 10.0. The number of hydrogen-bond donors (Lipinski definition) is 1. The number of piperazine rings is 1. The first kappa shape index (κ1) is 10.8. The molecule has 1 aliphatic rings. The van der Waals surface area contributed by atoms with Gasteiger partial charge in [-0.05, 0) is 31.5 Å². The third-order valence-electron chi connectivity index (χ3n) is 2.91. The average molecular weight is 225 g/mol. The van der Waals surface area contributed by atoms with Crippen molar-refractivity contribution in [3.8, 4) is 0 Å². The van der Waals surface area contributed by atoms with Crippen molar-refractivity contribution in [2.24, 2.45) is 0 Å². The lowest BCUT2D eigenvalue weighted by Crippen LogP contribution is -2.50. The maximum absolute atomic E-state index is 6.27. The van der Waals surface area contributed by atoms with Crippen LogP contribution in [0.3, 0.4) is 0 Å². The van der Waals surface area contributed by atoms with E-state index < -0.39 is 0 Å². The summed E-state index contributed by atoms with van der Waals surface area (Å²) >= 11 is 6.27. The third kappa shape index (κ3) is 2.27. The Kier molecular flexibility index (Phi) is 3.17. The second-order valence-corrected chi connectivity index (χ2v) is 4.61. The van der Waals surface area contributed by atoms with Gasteiger partial charge in [-0.1, -0.05) is 17.7 Å². The van der Waals surface area contributed by atoms with Gasteiger partial charge in [-0.15, -0.1) is 0 Å². The van der Waals surface area contributed by atoms with Crippen molar-refractivity contribution in [1.82, 2.24) is 5.32 Å². The van der Waals surface area contributed by atoms with Crippen molar-refractivity contribution in [3.05, 3.63) is 28.8 Å². The van der Waals surface area contributed by atoms with E-state index >= 15 is 0 Å². The van der Waals surface area contributed by atoms with Gasteiger partial charge >= 0.3 is 0 Å². The lowest BCUT2D eigenvalue weighted by molar-refractivity contribution is 0.501. The Hall–Kier alpha value is -0.730. The maximum atomic E-state index is 6.27. The first-order chi connectivity index (χ1) is 7.18. The summed E-state index contributed by atoms with van der Waals surface area (Å²) < 4.78 is 0. The second kappa shape index (κ2) is 4.42. The summed E-state index contributed by atoms with van der Waals surface area (Å²) in [6.07, 6.45) is 0. The number of nitrogens with zero attached hydrogens (tertiary/aromatic N) is 1. The Bertz CT molecular complexity index is 351. The highest BCUT2D eigenvalue weighted by molar-refractivity contribution is 6.33. The minimum absolute atomic E-state index is 0.513. The van der Waals surface area contributed by atoms with Gasteiger partial charge in [-0.25, -0.2) is 0 Å². The topological polar surface area (TPSA) is 15.3 Å². The highest BCUT2D eigenvalue weighted by atomic mass is 35.5. The molecule has 0 aliphatic carbocycles. The molecular formula is C12H17ClN2. The fourth-order valence-electron chi connectivity index (χ4n) is 2.04. The van der Waals surface area contributed by atoms with Gasteiger partial charge in [0, 0.05) is 25.7 Å². The number of hydrogen-bond acceptors (Lipinski definition) is 2. The van der Waals surface area contributed by atoms with Crippen molar-refractivity contribution < 1.29 is 0 Å². The molecule has 1 fully saturated rings. The van der Waals surface area contributed by atoms with Crippen LogP contribution in [0.15, 0.2) is 18.2 Å². The van der Waals surface area contributed by atoms with Gasteiger partial charge in [-0.3, -0.25) is 0 Å². The normalized spacial score (nSPS) is 21.8. The minimum atomic E-state index is 0.513. The van der Waals surface area contributed by atoms with Gasteiger partial charge in [0.1, 0.15) is 0 Å². The van der Waals surface area contributed by atoms with E-state index in [0.717, 1.165) is 30.3 Å². The Morgan fingerprint density at radius 2 is 2.27 bits per heavy atom. The molecule has 3 heteroatoms. The smallest absolute Gasteiger partial charge is 0.0642 e. The number of rotatable bonds is 1. The summed E-state index contributed by atoms with van der Waals surface area (Å²) in [7, 11) is 0. The van der Waals surface area contributed by atoms with E-state index in [0.29, 0.717) is 6.04 Å². The van der Waals surface area contributed by atoms with Crippen LogP contribution in [0, 0.1) is 6.92 Å². The Labute approximate surface area is 96.2 Å². The molecule has 0 amide bonds. The van der Waals surface area contributed by atoms with E-state index in [4.69, 9.17) is 11.6 Å². The van der Waals surface area contributed by atoms with E-state index in [9.17, 15) is 0 Å². The summed E-state index contributed by atoms with van der Waals surface area (Å²) in [5, 5.41) is 4.24. The van der Waals surface area contributed by atoms with Gasteiger partial charge < -0.3 is 10.2 Å². The van der Waals surface area contributed by atoms with Crippen LogP contribution in [-0.2, 0) is 0 Å². The van der Waals surface area contributed by atoms with E-state index in [1.807, 2.05) is 6.07 Å². The van der Waals surface area contributed by atoms with E-state index in [-0.39, 0.29) is 0 Å². The van der Waals surface area contributed by atoms with Crippen LogP contribution in [0.25, 0.3) is 0 Å². The Morgan fingerprint density at radius 1 is 1.47 bits per heavy atom. The summed E-state index contributed by atoms with van der Waals surface area (Å²) in [5.74, 6) is 0. The number of halogens is 1. The predicted molar refractivity (Wildman–Crippen MR) is 65.9 cm³/mol. The molecule has 1 unspecified atom stereocenters. The second-order valence-electron chi connectivity index (χ2n) is 4.20. The monoisotopic (exact) mass is 224 g/mol. The molecule has 2 nitrogen and oxygen atoms in total. The maximum Gasteiger partial charge on any atom is 0.0642 e. The van der Waals surface area contributed by atoms with Gasteiger partial charge in [0.05, 0.1) is 10.7 Å². The summed E-state index contributed by atoms with van der Waals surface area (Å²) in [6.45, 7) is 7.39. The molecule has 1 atom stereocenters. The van der Waals surface area contributed by atoms with Gasteiger partial charge in [0.15, 0.2) is 0 Å². The Balaban J connectivity index is 2.27. The molecule has 1 aliphatic heterocycles. The number of nitrogens with one attached hydrogen (secondary N) is 1. The van der Waals surface area contributed by atoms with Crippen LogP contribution < -0.4 is 10.2 Å². The lowest BCUT2D eigenvalue weighted by atomic mass is 10.1. The highest BCUT2D eigenvalue weighted by Gasteiger charge is 2.19. The van der Waals surface area contributed by atoms with Crippen molar-refractivity contribution in [3.63, 3.8) is 0 Å². The standard InChI is InChI=1S/C12H17ClN2/c1-9-3-4-12(11(13)7-9)15-6-5-14-8-10(15)2/h3-4,7,10,14H,5-6,8H2,1-2H3. The average Bonchev–Trinajstić information content (AvgIpc) is 2.20. The number of benzene rings is 1. The van der Waals surface area contributed by atoms with Crippen molar-refractivity contribution in [2.75, 3.05) is 24.5 Å². The van der Waals surface area contributed by atoms with Crippen molar-refractivity contribution in [1.29, 1.82) is 0 Å². The highest BCUT2D eigenvalue weighted by Crippen LogP contribution is 2.28. The molecule has 0 aromatic heterocycles. The SMILES string of the molecule is Cc1ccc(N2CCNCC2C)c(Cl)c1. The van der Waals surface area contributed by atoms with Crippen molar-refractivity contribution in [2.45, 2.75) is 19.9 Å². The van der Waals surface area contributed by atoms with E-state index in [1.54, 1.807) is 0 Å². The molecule has 82 valence electrons. The zero-order valence-electron chi connectivity index (χ0n) is 9.26. The first-order valence-electron chi connectivity index (χ1n) is 5.42. The fourth-order valence-corrected chi connectivity index (χ4v) is 2.39. The molecule has 1 N–H and O–H groups in total. The molecule has 15 heavy (non-hydrogen) atoms. The molecule has 2 rings (SSSR count). The van der Waals surface area contributed by atoms with Crippen LogP contribution >= 0.6 is 11.6 Å². The van der Waals surface area contributed by atoms with Gasteiger partial charge in [0.2, 0.25) is 0 Å². The zero-order chi connectivity index (χ0) is 10.8. The van der Waals surface area contributed by atoms with Crippen LogP contribution in [0.1, 0.15) is 12.5 Å². The third-order valence-corrected chi connectivity index (χ3v) is 3.22. The molecule has 1 heterocycles. The summed E-state index contributed by atoms with van der Waals surface area (Å²) in [4.78, 5) is 2.37. The van der Waals surface area contributed by atoms with E-state index in [2.05, 4.69) is 36.2 Å². The molecule has 0 radical (unpaired) electrons. The van der Waals surface area contributed by atoms with Crippen LogP contribution in [0.5, 0.6) is 0 Å². The minimum Gasteiger partial charge on any atom is -0.365 e. The molecule has 1 saturated heterocycles. The molecule has 0 saturated carbocycles. The number of aryl methyl sites for hydroxylation is 1. The molecule has 0 spiro atoms. The quantitative estimate of drug-likeness (QED) is 0.789. The molecular weight excluding hydrogens is 208 g/mol. The Morgan fingerprint density at radius 3 is 2.93 bits per heavy atom. The largest absolute Gasteiger partial charge is 0.365 e. The van der Waals surface area contributed by atoms with Crippen molar-refractivity contribution >= 4 is 17.3 Å². The van der Waals surface area contributed by atoms with Crippen LogP contribution in [0.4, 0.5) is 5.69 Å². The van der Waals surface area contributed by atoms with Gasteiger partial charge in [0.25, 0.3) is 0 Å². The fraction of sp³-hybridized carbons (Fsp3) is 0.500. The van der Waals surface area contributed by atoms with Crippen LogP contribution in [0.2, 0.25) is 5.02 Å². The predicted octanol–water partition coefficient (Wildman–Crippen LogP) is 2.45. The van der Waals surface area contributed by atoms with Crippen LogP contribution in [-0.4, -0.2) is 25.7 Å². The molecule has 1 aromatic rings. The number of anilines is 1. The van der Waals surface area contributed by atoms with E-state index in [1.165, 1.54) is 5.56 Å². The summed E-state index contributed by atoms with van der Waals surface area (Å²) in [5.41, 5.74) is 2.38. The lowest BCUT2D eigenvalue weighted by Gasteiger charge is -2.36. The molecule has 1 aromatic carbocycles.